The molecule has 24 heavy (non-hydrogen) atoms. The van der Waals surface area contributed by atoms with Gasteiger partial charge in [-0.15, -0.1) is 11.3 Å². The summed E-state index contributed by atoms with van der Waals surface area (Å²) in [5, 5.41) is 2.53. The van der Waals surface area contributed by atoms with E-state index < -0.39 is 0 Å². The number of hydrogen-bond donors (Lipinski definition) is 0. The van der Waals surface area contributed by atoms with Gasteiger partial charge in [-0.25, -0.2) is 9.97 Å². The summed E-state index contributed by atoms with van der Waals surface area (Å²) in [5.41, 5.74) is 2.65. The second-order valence-corrected chi connectivity index (χ2v) is 8.71. The minimum atomic E-state index is 0.600. The largest absolute Gasteiger partial charge is 0.260 e. The molecule has 5 rings (SSSR count). The van der Waals surface area contributed by atoms with Gasteiger partial charge >= 0.3 is 0 Å². The van der Waals surface area contributed by atoms with E-state index in [0.29, 0.717) is 5.92 Å². The van der Waals surface area contributed by atoms with Gasteiger partial charge in [0.2, 0.25) is 0 Å². The summed E-state index contributed by atoms with van der Waals surface area (Å²) >= 11 is 3.75. The average Bonchev–Trinajstić information content (AvgIpc) is 3.41. The molecule has 0 saturated heterocycles. The minimum Gasteiger partial charge on any atom is -0.260 e. The standard InChI is InChI=1S/C19H19N3S2/c1-2-7-15-14(6-1)16-18(23-11-13-5-3-4-10-20-13)21-17(12-8-9-12)22-19(16)24-15/h3-5,10,12H,1-2,6-9,11H2. The van der Waals surface area contributed by atoms with E-state index in [-0.39, 0.29) is 0 Å². The number of nitrogens with zero attached hydrogens (tertiary/aromatic N) is 3. The first-order valence-corrected chi connectivity index (χ1v) is 10.5. The normalized spacial score (nSPS) is 17.2. The van der Waals surface area contributed by atoms with Crippen LogP contribution < -0.4 is 0 Å². The van der Waals surface area contributed by atoms with Crippen LogP contribution in [0.2, 0.25) is 0 Å². The number of pyridine rings is 1. The molecule has 0 radical (unpaired) electrons. The second-order valence-electron chi connectivity index (χ2n) is 6.66. The van der Waals surface area contributed by atoms with E-state index in [9.17, 15) is 0 Å². The molecule has 3 aromatic heterocycles. The number of aryl methyl sites for hydroxylation is 2. The molecule has 0 atom stereocenters. The predicted octanol–water partition coefficient (Wildman–Crippen LogP) is 5.13. The van der Waals surface area contributed by atoms with Crippen molar-refractivity contribution in [1.82, 2.24) is 15.0 Å². The molecule has 0 spiro atoms. The summed E-state index contributed by atoms with van der Waals surface area (Å²) in [6.45, 7) is 0. The van der Waals surface area contributed by atoms with E-state index in [1.165, 1.54) is 59.3 Å². The van der Waals surface area contributed by atoms with E-state index in [1.54, 1.807) is 4.88 Å². The van der Waals surface area contributed by atoms with Gasteiger partial charge in [0.25, 0.3) is 0 Å². The smallest absolute Gasteiger partial charge is 0.134 e. The Balaban J connectivity index is 1.57. The van der Waals surface area contributed by atoms with E-state index in [1.807, 2.05) is 35.4 Å². The van der Waals surface area contributed by atoms with Gasteiger partial charge in [-0.3, -0.25) is 4.98 Å². The summed E-state index contributed by atoms with van der Waals surface area (Å²) in [4.78, 5) is 17.2. The molecule has 0 aromatic carbocycles. The number of aromatic nitrogens is 3. The van der Waals surface area contributed by atoms with Crippen molar-refractivity contribution in [3.8, 4) is 0 Å². The van der Waals surface area contributed by atoms with Crippen LogP contribution in [0.3, 0.4) is 0 Å². The molecule has 0 N–H and O–H groups in total. The van der Waals surface area contributed by atoms with Gasteiger partial charge in [0.05, 0.1) is 5.69 Å². The SMILES string of the molecule is c1ccc(CSc2nc(C3CC3)nc3sc4c(c23)CCCC4)nc1. The summed E-state index contributed by atoms with van der Waals surface area (Å²) in [6.07, 6.45) is 9.40. The van der Waals surface area contributed by atoms with Crippen molar-refractivity contribution in [2.24, 2.45) is 0 Å². The summed E-state index contributed by atoms with van der Waals surface area (Å²) in [7, 11) is 0. The van der Waals surface area contributed by atoms with Crippen LogP contribution in [-0.4, -0.2) is 15.0 Å². The highest BCUT2D eigenvalue weighted by atomic mass is 32.2. The Bertz CT molecular complexity index is 885. The fourth-order valence-electron chi connectivity index (χ4n) is 3.39. The van der Waals surface area contributed by atoms with Crippen molar-refractivity contribution >= 4 is 33.3 Å². The van der Waals surface area contributed by atoms with Crippen LogP contribution >= 0.6 is 23.1 Å². The highest BCUT2D eigenvalue weighted by molar-refractivity contribution is 7.98. The molecule has 0 bridgehead atoms. The van der Waals surface area contributed by atoms with Crippen molar-refractivity contribution < 1.29 is 0 Å². The summed E-state index contributed by atoms with van der Waals surface area (Å²) in [5.74, 6) is 2.55. The van der Waals surface area contributed by atoms with Crippen molar-refractivity contribution in [2.45, 2.75) is 55.2 Å². The first kappa shape index (κ1) is 14.8. The zero-order valence-corrected chi connectivity index (χ0v) is 15.1. The van der Waals surface area contributed by atoms with Crippen molar-refractivity contribution in [3.05, 3.63) is 46.4 Å². The molecular weight excluding hydrogens is 334 g/mol. The molecule has 0 aliphatic heterocycles. The van der Waals surface area contributed by atoms with Gasteiger partial charge in [-0.2, -0.15) is 0 Å². The third kappa shape index (κ3) is 2.74. The Labute approximate surface area is 150 Å². The van der Waals surface area contributed by atoms with Crippen molar-refractivity contribution in [2.75, 3.05) is 0 Å². The first-order valence-electron chi connectivity index (χ1n) is 8.73. The predicted molar refractivity (Wildman–Crippen MR) is 99.8 cm³/mol. The third-order valence-corrected chi connectivity index (χ3v) is 7.02. The summed E-state index contributed by atoms with van der Waals surface area (Å²) in [6, 6.07) is 6.12. The maximum absolute atomic E-state index is 4.99. The van der Waals surface area contributed by atoms with Crippen molar-refractivity contribution in [1.29, 1.82) is 0 Å². The van der Waals surface area contributed by atoms with Gasteiger partial charge in [-0.05, 0) is 56.2 Å². The molecule has 1 saturated carbocycles. The van der Waals surface area contributed by atoms with E-state index >= 15 is 0 Å². The second kappa shape index (κ2) is 6.12. The van der Waals surface area contributed by atoms with Crippen LogP contribution in [0, 0.1) is 0 Å². The Morgan fingerprint density at radius 1 is 1.12 bits per heavy atom. The topological polar surface area (TPSA) is 38.7 Å². The van der Waals surface area contributed by atoms with Crippen LogP contribution in [0.4, 0.5) is 0 Å². The quantitative estimate of drug-likeness (QED) is 0.481. The van der Waals surface area contributed by atoms with Gasteiger partial charge in [-0.1, -0.05) is 17.8 Å². The van der Waals surface area contributed by atoms with Crippen LogP contribution in [0.1, 0.15) is 53.6 Å². The van der Waals surface area contributed by atoms with Crippen molar-refractivity contribution in [3.63, 3.8) is 0 Å². The zero-order chi connectivity index (χ0) is 15.9. The molecule has 0 amide bonds. The van der Waals surface area contributed by atoms with E-state index in [4.69, 9.17) is 9.97 Å². The monoisotopic (exact) mass is 353 g/mol. The third-order valence-electron chi connectivity index (χ3n) is 4.82. The molecule has 3 heterocycles. The first-order chi connectivity index (χ1) is 11.9. The maximum atomic E-state index is 4.99. The van der Waals surface area contributed by atoms with Crippen LogP contribution in [-0.2, 0) is 18.6 Å². The number of thiophene rings is 1. The zero-order valence-electron chi connectivity index (χ0n) is 13.5. The molecule has 122 valence electrons. The fraction of sp³-hybridized carbons (Fsp3) is 0.421. The number of hydrogen-bond acceptors (Lipinski definition) is 5. The Hall–Kier alpha value is -1.46. The van der Waals surface area contributed by atoms with Gasteiger partial charge < -0.3 is 0 Å². The summed E-state index contributed by atoms with van der Waals surface area (Å²) < 4.78 is 0. The Morgan fingerprint density at radius 2 is 2.04 bits per heavy atom. The van der Waals surface area contributed by atoms with E-state index in [0.717, 1.165) is 17.3 Å². The molecule has 5 heteroatoms. The number of rotatable bonds is 4. The van der Waals surface area contributed by atoms with Gasteiger partial charge in [0, 0.05) is 28.1 Å². The maximum Gasteiger partial charge on any atom is 0.134 e. The lowest BCUT2D eigenvalue weighted by molar-refractivity contribution is 0.699. The molecule has 1 fully saturated rings. The van der Waals surface area contributed by atoms with Gasteiger partial charge in [0.15, 0.2) is 0 Å². The molecule has 2 aliphatic rings. The van der Waals surface area contributed by atoms with E-state index in [2.05, 4.69) is 17.1 Å². The van der Waals surface area contributed by atoms with Crippen LogP contribution in [0.15, 0.2) is 29.4 Å². The molecular formula is C19H19N3S2. The van der Waals surface area contributed by atoms with Crippen LogP contribution in [0.25, 0.3) is 10.2 Å². The highest BCUT2D eigenvalue weighted by Crippen LogP contribution is 2.44. The minimum absolute atomic E-state index is 0.600. The Kier molecular flexibility index (Phi) is 3.78. The number of fused-ring (bicyclic) bond motifs is 3. The number of thioether (sulfide) groups is 1. The fourth-order valence-corrected chi connectivity index (χ4v) is 5.70. The average molecular weight is 354 g/mol. The molecule has 3 nitrogen and oxygen atoms in total. The molecule has 2 aliphatic carbocycles. The highest BCUT2D eigenvalue weighted by Gasteiger charge is 2.29. The lowest BCUT2D eigenvalue weighted by Crippen LogP contribution is -2.00. The van der Waals surface area contributed by atoms with Gasteiger partial charge in [0.1, 0.15) is 15.7 Å². The lowest BCUT2D eigenvalue weighted by Gasteiger charge is -2.12. The lowest BCUT2D eigenvalue weighted by atomic mass is 9.97. The Morgan fingerprint density at radius 3 is 2.88 bits per heavy atom. The molecule has 0 unspecified atom stereocenters. The molecule has 3 aromatic rings. The van der Waals surface area contributed by atoms with Crippen LogP contribution in [0.5, 0.6) is 0 Å².